The molecule has 0 spiro atoms. The number of benzene rings is 1. The Morgan fingerprint density at radius 2 is 1.89 bits per heavy atom. The maximum Gasteiger partial charge on any atom is 0.231 e. The van der Waals surface area contributed by atoms with E-state index < -0.39 is 0 Å². The Balaban J connectivity index is 1.81. The highest BCUT2D eigenvalue weighted by Gasteiger charge is 2.27. The third-order valence-electron chi connectivity index (χ3n) is 4.56. The molecule has 0 saturated carbocycles. The molecule has 104 valence electrons. The predicted octanol–water partition coefficient (Wildman–Crippen LogP) is 3.39. The Bertz CT molecular complexity index is 440. The van der Waals surface area contributed by atoms with Crippen molar-refractivity contribution in [2.24, 2.45) is 0 Å². The van der Waals surface area contributed by atoms with Crippen LogP contribution < -0.4 is 9.47 Å². The molecule has 1 saturated heterocycles. The molecule has 0 radical (unpaired) electrons. The van der Waals surface area contributed by atoms with E-state index in [0.717, 1.165) is 17.9 Å². The van der Waals surface area contributed by atoms with Crippen LogP contribution >= 0.6 is 0 Å². The van der Waals surface area contributed by atoms with Gasteiger partial charge in [-0.3, -0.25) is 0 Å². The van der Waals surface area contributed by atoms with Crippen LogP contribution in [0.1, 0.15) is 44.6 Å². The van der Waals surface area contributed by atoms with Gasteiger partial charge in [0.15, 0.2) is 11.5 Å². The molecule has 0 amide bonds. The first-order valence-electron chi connectivity index (χ1n) is 7.43. The van der Waals surface area contributed by atoms with Crippen LogP contribution in [0.2, 0.25) is 0 Å². The van der Waals surface area contributed by atoms with E-state index in [2.05, 4.69) is 36.9 Å². The van der Waals surface area contributed by atoms with Crippen molar-refractivity contribution >= 4 is 0 Å². The molecule has 0 N–H and O–H groups in total. The Hall–Kier alpha value is -1.22. The summed E-state index contributed by atoms with van der Waals surface area (Å²) in [5.41, 5.74) is 1.38. The summed E-state index contributed by atoms with van der Waals surface area (Å²) < 4.78 is 10.9. The molecule has 19 heavy (non-hydrogen) atoms. The van der Waals surface area contributed by atoms with Crippen LogP contribution in [0, 0.1) is 0 Å². The molecule has 1 fully saturated rings. The molecule has 3 heteroatoms. The molecule has 0 aliphatic carbocycles. The minimum atomic E-state index is 0.358. The van der Waals surface area contributed by atoms with Gasteiger partial charge in [-0.2, -0.15) is 0 Å². The summed E-state index contributed by atoms with van der Waals surface area (Å²) in [6.07, 6.45) is 3.86. The second-order valence-electron chi connectivity index (χ2n) is 5.61. The standard InChI is InChI=1S/C16H23NO2/c1-3-14(12(2)17-8-4-5-9-17)13-6-7-15-16(10-13)19-11-18-15/h6-7,10,12,14H,3-5,8-9,11H2,1-2H3. The van der Waals surface area contributed by atoms with Gasteiger partial charge in [0.25, 0.3) is 0 Å². The van der Waals surface area contributed by atoms with E-state index >= 15 is 0 Å². The highest BCUT2D eigenvalue weighted by Crippen LogP contribution is 2.37. The molecule has 1 aromatic carbocycles. The van der Waals surface area contributed by atoms with Gasteiger partial charge in [0, 0.05) is 6.04 Å². The highest BCUT2D eigenvalue weighted by atomic mass is 16.7. The molecular formula is C16H23NO2. The molecule has 0 aromatic heterocycles. The summed E-state index contributed by atoms with van der Waals surface area (Å²) in [6, 6.07) is 7.03. The van der Waals surface area contributed by atoms with E-state index in [1.807, 2.05) is 0 Å². The van der Waals surface area contributed by atoms with Gasteiger partial charge in [-0.25, -0.2) is 0 Å². The first kappa shape index (κ1) is 12.8. The normalized spacial score (nSPS) is 21.6. The number of fused-ring (bicyclic) bond motifs is 1. The average Bonchev–Trinajstić information content (AvgIpc) is 3.10. The SMILES string of the molecule is CCC(c1ccc2c(c1)OCO2)C(C)N1CCCC1. The van der Waals surface area contributed by atoms with Crippen molar-refractivity contribution in [3.8, 4) is 11.5 Å². The third kappa shape index (κ3) is 2.44. The predicted molar refractivity (Wildman–Crippen MR) is 75.9 cm³/mol. The monoisotopic (exact) mass is 261 g/mol. The number of hydrogen-bond donors (Lipinski definition) is 0. The lowest BCUT2D eigenvalue weighted by molar-refractivity contribution is 0.174. The van der Waals surface area contributed by atoms with Crippen LogP contribution in [0.4, 0.5) is 0 Å². The second-order valence-corrected chi connectivity index (χ2v) is 5.61. The van der Waals surface area contributed by atoms with Crippen molar-refractivity contribution in [2.75, 3.05) is 19.9 Å². The van der Waals surface area contributed by atoms with E-state index in [0.29, 0.717) is 18.8 Å². The van der Waals surface area contributed by atoms with Crippen LogP contribution in [0.5, 0.6) is 11.5 Å². The first-order valence-corrected chi connectivity index (χ1v) is 7.43. The summed E-state index contributed by atoms with van der Waals surface area (Å²) in [4.78, 5) is 2.62. The molecule has 3 nitrogen and oxygen atoms in total. The van der Waals surface area contributed by atoms with Gasteiger partial charge in [-0.05, 0) is 62.9 Å². The number of rotatable bonds is 4. The van der Waals surface area contributed by atoms with Crippen molar-refractivity contribution in [3.63, 3.8) is 0 Å². The maximum atomic E-state index is 5.50. The molecule has 3 rings (SSSR count). The van der Waals surface area contributed by atoms with E-state index in [9.17, 15) is 0 Å². The maximum absolute atomic E-state index is 5.50. The Morgan fingerprint density at radius 1 is 1.16 bits per heavy atom. The molecule has 1 aromatic rings. The van der Waals surface area contributed by atoms with Gasteiger partial charge in [0.1, 0.15) is 0 Å². The van der Waals surface area contributed by atoms with Crippen molar-refractivity contribution < 1.29 is 9.47 Å². The highest BCUT2D eigenvalue weighted by molar-refractivity contribution is 5.45. The largest absolute Gasteiger partial charge is 0.454 e. The summed E-state index contributed by atoms with van der Waals surface area (Å²) >= 11 is 0. The lowest BCUT2D eigenvalue weighted by atomic mass is 9.89. The number of ether oxygens (including phenoxy) is 2. The first-order chi connectivity index (χ1) is 9.29. The van der Waals surface area contributed by atoms with E-state index in [1.165, 1.54) is 31.5 Å². The summed E-state index contributed by atoms with van der Waals surface area (Å²) in [7, 11) is 0. The van der Waals surface area contributed by atoms with E-state index in [1.54, 1.807) is 0 Å². The summed E-state index contributed by atoms with van der Waals surface area (Å²) in [5.74, 6) is 2.37. The summed E-state index contributed by atoms with van der Waals surface area (Å²) in [5, 5.41) is 0. The van der Waals surface area contributed by atoms with E-state index in [4.69, 9.17) is 9.47 Å². The number of likely N-dealkylation sites (tertiary alicyclic amines) is 1. The van der Waals surface area contributed by atoms with Gasteiger partial charge in [-0.15, -0.1) is 0 Å². The van der Waals surface area contributed by atoms with Gasteiger partial charge < -0.3 is 14.4 Å². The van der Waals surface area contributed by atoms with Gasteiger partial charge >= 0.3 is 0 Å². The molecular weight excluding hydrogens is 238 g/mol. The Kier molecular flexibility index (Phi) is 3.65. The van der Waals surface area contributed by atoms with Gasteiger partial charge in [-0.1, -0.05) is 13.0 Å². The zero-order chi connectivity index (χ0) is 13.2. The quantitative estimate of drug-likeness (QED) is 0.829. The zero-order valence-electron chi connectivity index (χ0n) is 11.9. The van der Waals surface area contributed by atoms with Crippen molar-refractivity contribution in [2.45, 2.75) is 45.1 Å². The average molecular weight is 261 g/mol. The molecule has 0 bridgehead atoms. The Labute approximate surface area is 115 Å². The topological polar surface area (TPSA) is 21.7 Å². The van der Waals surface area contributed by atoms with Crippen LogP contribution in [0.15, 0.2) is 18.2 Å². The van der Waals surface area contributed by atoms with Gasteiger partial charge in [0.2, 0.25) is 6.79 Å². The van der Waals surface area contributed by atoms with Crippen molar-refractivity contribution in [3.05, 3.63) is 23.8 Å². The lowest BCUT2D eigenvalue weighted by Gasteiger charge is -2.31. The molecule has 2 atom stereocenters. The van der Waals surface area contributed by atoms with Gasteiger partial charge in [0.05, 0.1) is 0 Å². The van der Waals surface area contributed by atoms with Crippen LogP contribution in [0.3, 0.4) is 0 Å². The van der Waals surface area contributed by atoms with Crippen LogP contribution in [-0.2, 0) is 0 Å². The lowest BCUT2D eigenvalue weighted by Crippen LogP contribution is -2.35. The fourth-order valence-corrected chi connectivity index (χ4v) is 3.40. The molecule has 2 heterocycles. The number of nitrogens with zero attached hydrogens (tertiary/aromatic N) is 1. The zero-order valence-corrected chi connectivity index (χ0v) is 11.9. The molecule has 2 aliphatic heterocycles. The Morgan fingerprint density at radius 3 is 2.63 bits per heavy atom. The van der Waals surface area contributed by atoms with Crippen LogP contribution in [0.25, 0.3) is 0 Å². The third-order valence-corrected chi connectivity index (χ3v) is 4.56. The minimum absolute atomic E-state index is 0.358. The van der Waals surface area contributed by atoms with Crippen molar-refractivity contribution in [1.82, 2.24) is 4.90 Å². The summed E-state index contributed by atoms with van der Waals surface area (Å²) in [6.45, 7) is 7.51. The molecule has 2 aliphatic rings. The van der Waals surface area contributed by atoms with E-state index in [-0.39, 0.29) is 0 Å². The minimum Gasteiger partial charge on any atom is -0.454 e. The molecule has 2 unspecified atom stereocenters. The second kappa shape index (κ2) is 5.41. The van der Waals surface area contributed by atoms with Crippen LogP contribution in [-0.4, -0.2) is 30.8 Å². The smallest absolute Gasteiger partial charge is 0.231 e. The van der Waals surface area contributed by atoms with Crippen molar-refractivity contribution in [1.29, 1.82) is 0 Å². The fraction of sp³-hybridized carbons (Fsp3) is 0.625. The number of hydrogen-bond acceptors (Lipinski definition) is 3. The fourth-order valence-electron chi connectivity index (χ4n) is 3.40.